The molecule has 0 fully saturated rings. The lowest BCUT2D eigenvalue weighted by Crippen LogP contribution is -2.11. The van der Waals surface area contributed by atoms with Gasteiger partial charge < -0.3 is 0 Å². The van der Waals surface area contributed by atoms with Gasteiger partial charge >= 0.3 is 6.18 Å². The van der Waals surface area contributed by atoms with Crippen molar-refractivity contribution in [1.29, 1.82) is 0 Å². The molecule has 0 aromatic heterocycles. The monoisotopic (exact) mass is 564 g/mol. The lowest BCUT2D eigenvalue weighted by atomic mass is 10.0. The van der Waals surface area contributed by atoms with E-state index in [1.807, 2.05) is 0 Å². The Morgan fingerprint density at radius 1 is 0.615 bits per heavy atom. The Morgan fingerprint density at radius 3 is 1.49 bits per heavy atom. The van der Waals surface area contributed by atoms with Crippen LogP contribution in [0.1, 0.15) is 16.7 Å². The second-order valence-electron chi connectivity index (χ2n) is 8.07. The van der Waals surface area contributed by atoms with Crippen LogP contribution in [0.3, 0.4) is 0 Å². The minimum atomic E-state index is -5.21. The van der Waals surface area contributed by atoms with Crippen LogP contribution in [0.25, 0.3) is 22.3 Å². The summed E-state index contributed by atoms with van der Waals surface area (Å²) in [5.41, 5.74) is -2.70. The fraction of sp³-hybridized carbons (Fsp3) is 0.111. The minimum Gasteiger partial charge on any atom is -0.294 e. The molecule has 0 aliphatic carbocycles. The molecule has 0 atom stereocenters. The summed E-state index contributed by atoms with van der Waals surface area (Å²) in [5.74, 6) is -7.93. The first-order valence-electron chi connectivity index (χ1n) is 10.7. The molecule has 0 unspecified atom stereocenters. The molecular formula is C27H15F11O. The third-order valence-corrected chi connectivity index (χ3v) is 5.38. The van der Waals surface area contributed by atoms with Gasteiger partial charge in [0.1, 0.15) is 47.1 Å². The second-order valence-corrected chi connectivity index (χ2v) is 8.07. The first-order chi connectivity index (χ1) is 18.3. The summed E-state index contributed by atoms with van der Waals surface area (Å²) in [7, 11) is 0. The van der Waals surface area contributed by atoms with Gasteiger partial charge in [0.25, 0.3) is 0 Å². The standard InChI is InChI=1S/C14H10F4.C13H5F7O/c1-8-2-3-10(12(16)4-8)9-5-13(17)11(7-15)14(18)6-9;14-9-5-7(21-20)1-2-8(9)6-3-10(15)12(11(16)4-6)13(17,18)19/h2-6H,7H2,1H3;1-5H. The maximum Gasteiger partial charge on any atom is 0.422 e. The van der Waals surface area contributed by atoms with Gasteiger partial charge in [0, 0.05) is 21.7 Å². The summed E-state index contributed by atoms with van der Waals surface area (Å²) in [6.07, 6.45) is -5.21. The second kappa shape index (κ2) is 11.7. The SMILES string of the molecule is Cc1ccc(-c2cc(F)c(CF)c(F)c2)c(F)c1.FOc1ccc(-c2cc(F)c(C(F)(F)F)c(F)c2)c(F)c1. The Bertz CT molecular complexity index is 1450. The average molecular weight is 564 g/mol. The third kappa shape index (κ3) is 6.68. The number of aryl methyl sites for hydroxylation is 1. The Morgan fingerprint density at radius 2 is 1.08 bits per heavy atom. The van der Waals surface area contributed by atoms with Gasteiger partial charge in [0.2, 0.25) is 0 Å². The van der Waals surface area contributed by atoms with Gasteiger partial charge in [-0.05, 0) is 66.1 Å². The highest BCUT2D eigenvalue weighted by atomic mass is 19.4. The van der Waals surface area contributed by atoms with Gasteiger partial charge in [-0.2, -0.15) is 13.2 Å². The molecule has 0 spiro atoms. The van der Waals surface area contributed by atoms with Gasteiger partial charge in [0.15, 0.2) is 5.75 Å². The molecule has 0 bridgehead atoms. The van der Waals surface area contributed by atoms with Crippen molar-refractivity contribution in [2.75, 3.05) is 0 Å². The molecule has 1 nitrogen and oxygen atoms in total. The van der Waals surface area contributed by atoms with E-state index >= 15 is 0 Å². The lowest BCUT2D eigenvalue weighted by Gasteiger charge is -2.11. The van der Waals surface area contributed by atoms with E-state index in [4.69, 9.17) is 0 Å². The van der Waals surface area contributed by atoms with Crippen molar-refractivity contribution >= 4 is 0 Å². The first-order valence-corrected chi connectivity index (χ1v) is 10.7. The summed E-state index contributed by atoms with van der Waals surface area (Å²) in [6.45, 7) is 0.481. The van der Waals surface area contributed by atoms with Crippen LogP contribution in [0.5, 0.6) is 5.75 Å². The molecule has 39 heavy (non-hydrogen) atoms. The molecule has 0 N–H and O–H groups in total. The van der Waals surface area contributed by atoms with Crippen LogP contribution in [0.2, 0.25) is 0 Å². The maximum absolute atomic E-state index is 13.7. The van der Waals surface area contributed by atoms with Crippen LogP contribution < -0.4 is 4.94 Å². The van der Waals surface area contributed by atoms with Crippen molar-refractivity contribution in [2.45, 2.75) is 19.8 Å². The van der Waals surface area contributed by atoms with Crippen molar-refractivity contribution in [1.82, 2.24) is 0 Å². The van der Waals surface area contributed by atoms with Crippen molar-refractivity contribution in [3.63, 3.8) is 0 Å². The molecule has 0 heterocycles. The van der Waals surface area contributed by atoms with E-state index in [2.05, 4.69) is 4.94 Å². The van der Waals surface area contributed by atoms with Gasteiger partial charge in [-0.1, -0.05) is 12.1 Å². The molecule has 0 aliphatic heterocycles. The van der Waals surface area contributed by atoms with E-state index in [0.717, 1.165) is 24.3 Å². The third-order valence-electron chi connectivity index (χ3n) is 5.38. The van der Waals surface area contributed by atoms with Gasteiger partial charge in [-0.3, -0.25) is 4.94 Å². The number of hydrogen-bond donors (Lipinski definition) is 0. The van der Waals surface area contributed by atoms with Crippen LogP contribution >= 0.6 is 0 Å². The molecule has 0 aliphatic rings. The van der Waals surface area contributed by atoms with Crippen LogP contribution in [-0.4, -0.2) is 0 Å². The smallest absolute Gasteiger partial charge is 0.294 e. The Balaban J connectivity index is 0.000000218. The summed E-state index contributed by atoms with van der Waals surface area (Å²) in [5, 5.41) is 0. The first kappa shape index (κ1) is 29.5. The van der Waals surface area contributed by atoms with E-state index in [1.54, 1.807) is 13.0 Å². The highest BCUT2D eigenvalue weighted by Gasteiger charge is 2.38. The van der Waals surface area contributed by atoms with Crippen LogP contribution in [0.15, 0.2) is 60.7 Å². The normalized spacial score (nSPS) is 11.2. The van der Waals surface area contributed by atoms with E-state index in [1.165, 1.54) is 12.1 Å². The fourth-order valence-electron chi connectivity index (χ4n) is 3.52. The summed E-state index contributed by atoms with van der Waals surface area (Å²) < 4.78 is 142. The van der Waals surface area contributed by atoms with Crippen LogP contribution in [0, 0.1) is 41.8 Å². The van der Waals surface area contributed by atoms with Crippen molar-refractivity contribution < 1.29 is 53.4 Å². The zero-order valence-electron chi connectivity index (χ0n) is 19.5. The number of alkyl halides is 4. The van der Waals surface area contributed by atoms with Crippen molar-refractivity contribution in [2.24, 2.45) is 0 Å². The van der Waals surface area contributed by atoms with Gasteiger partial charge in [0.05, 0.1) is 5.56 Å². The molecule has 206 valence electrons. The van der Waals surface area contributed by atoms with Crippen molar-refractivity contribution in [3.05, 3.63) is 112 Å². The summed E-state index contributed by atoms with van der Waals surface area (Å²) in [4.78, 5) is 3.26. The highest BCUT2D eigenvalue weighted by molar-refractivity contribution is 5.66. The lowest BCUT2D eigenvalue weighted by molar-refractivity contribution is -0.142. The quantitative estimate of drug-likeness (QED) is 0.224. The number of hydrogen-bond acceptors (Lipinski definition) is 1. The Hall–Kier alpha value is -4.09. The number of halogens is 11. The molecule has 0 saturated heterocycles. The van der Waals surface area contributed by atoms with Crippen LogP contribution in [0.4, 0.5) is 48.4 Å². The molecule has 0 radical (unpaired) electrons. The minimum absolute atomic E-state index is 0.0553. The predicted octanol–water partition coefficient (Wildman–Crippen LogP) is 9.60. The van der Waals surface area contributed by atoms with Gasteiger partial charge in [-0.25, -0.2) is 30.7 Å². The van der Waals surface area contributed by atoms with E-state index < -0.39 is 75.8 Å². The fourth-order valence-corrected chi connectivity index (χ4v) is 3.52. The Kier molecular flexibility index (Phi) is 8.88. The Labute approximate surface area is 214 Å². The van der Waals surface area contributed by atoms with E-state index in [9.17, 15) is 48.4 Å². The zero-order valence-corrected chi connectivity index (χ0v) is 19.5. The van der Waals surface area contributed by atoms with Crippen LogP contribution in [-0.2, 0) is 12.9 Å². The largest absolute Gasteiger partial charge is 0.422 e. The average Bonchev–Trinajstić information content (AvgIpc) is 2.82. The molecular weight excluding hydrogens is 549 g/mol. The number of rotatable bonds is 4. The topological polar surface area (TPSA) is 9.23 Å². The molecule has 4 aromatic carbocycles. The maximum atomic E-state index is 13.7. The van der Waals surface area contributed by atoms with Crippen molar-refractivity contribution in [3.8, 4) is 28.0 Å². The summed E-state index contributed by atoms with van der Waals surface area (Å²) >= 11 is 0. The molecule has 12 heteroatoms. The number of benzene rings is 4. The molecule has 4 aromatic rings. The molecule has 0 amide bonds. The van der Waals surface area contributed by atoms with E-state index in [-0.39, 0.29) is 11.1 Å². The molecule has 0 saturated carbocycles. The summed E-state index contributed by atoms with van der Waals surface area (Å²) in [6, 6.07) is 9.37. The predicted molar refractivity (Wildman–Crippen MR) is 120 cm³/mol. The molecule has 4 rings (SSSR count). The highest BCUT2D eigenvalue weighted by Crippen LogP contribution is 2.37. The van der Waals surface area contributed by atoms with Gasteiger partial charge in [-0.15, -0.1) is 0 Å². The zero-order chi connectivity index (χ0) is 29.1. The van der Waals surface area contributed by atoms with E-state index in [0.29, 0.717) is 23.8 Å².